The zero-order chi connectivity index (χ0) is 16.9. The van der Waals surface area contributed by atoms with E-state index in [0.29, 0.717) is 17.3 Å². The van der Waals surface area contributed by atoms with E-state index in [0.717, 1.165) is 28.3 Å². The highest BCUT2D eigenvalue weighted by molar-refractivity contribution is 6.30. The van der Waals surface area contributed by atoms with Crippen LogP contribution in [0.5, 0.6) is 0 Å². The summed E-state index contributed by atoms with van der Waals surface area (Å²) in [6.07, 6.45) is 0.659. The van der Waals surface area contributed by atoms with Gasteiger partial charge in [-0.3, -0.25) is 0 Å². The maximum absolute atomic E-state index is 8.97. The summed E-state index contributed by atoms with van der Waals surface area (Å²) < 4.78 is 0. The second kappa shape index (κ2) is 7.43. The lowest BCUT2D eigenvalue weighted by molar-refractivity contribution is 0.299. The number of halogens is 1. The SMILES string of the molecule is Cc1cc(Nc2ccc(CCO)cc2)nc(-c2cccc(Cl)c2)n1. The topological polar surface area (TPSA) is 58.0 Å². The molecule has 2 aromatic carbocycles. The van der Waals surface area contributed by atoms with E-state index in [1.807, 2.05) is 61.5 Å². The van der Waals surface area contributed by atoms with Crippen LogP contribution < -0.4 is 5.32 Å². The van der Waals surface area contributed by atoms with Crippen LogP contribution in [0.1, 0.15) is 11.3 Å². The van der Waals surface area contributed by atoms with E-state index < -0.39 is 0 Å². The van der Waals surface area contributed by atoms with Crippen LogP contribution in [0.15, 0.2) is 54.6 Å². The highest BCUT2D eigenvalue weighted by atomic mass is 35.5. The van der Waals surface area contributed by atoms with Crippen LogP contribution in [-0.2, 0) is 6.42 Å². The normalized spacial score (nSPS) is 10.6. The van der Waals surface area contributed by atoms with Gasteiger partial charge in [-0.2, -0.15) is 0 Å². The molecular formula is C19H18ClN3O. The minimum atomic E-state index is 0.154. The molecule has 0 bridgehead atoms. The molecule has 0 amide bonds. The fraction of sp³-hybridized carbons (Fsp3) is 0.158. The van der Waals surface area contributed by atoms with Crippen molar-refractivity contribution >= 4 is 23.1 Å². The maximum Gasteiger partial charge on any atom is 0.161 e. The fourth-order valence-electron chi connectivity index (χ4n) is 2.42. The van der Waals surface area contributed by atoms with Gasteiger partial charge in [-0.1, -0.05) is 35.9 Å². The molecule has 0 spiro atoms. The van der Waals surface area contributed by atoms with E-state index in [9.17, 15) is 0 Å². The molecule has 1 heterocycles. The van der Waals surface area contributed by atoms with E-state index in [-0.39, 0.29) is 6.61 Å². The fourth-order valence-corrected chi connectivity index (χ4v) is 2.61. The summed E-state index contributed by atoms with van der Waals surface area (Å²) in [7, 11) is 0. The molecule has 1 aromatic heterocycles. The maximum atomic E-state index is 8.97. The second-order valence-electron chi connectivity index (χ2n) is 5.52. The molecular weight excluding hydrogens is 322 g/mol. The third-order valence-electron chi connectivity index (χ3n) is 3.56. The molecule has 0 fully saturated rings. The number of rotatable bonds is 5. The van der Waals surface area contributed by atoms with Crippen molar-refractivity contribution in [3.05, 3.63) is 70.9 Å². The van der Waals surface area contributed by atoms with Crippen molar-refractivity contribution in [2.75, 3.05) is 11.9 Å². The lowest BCUT2D eigenvalue weighted by atomic mass is 10.1. The van der Waals surface area contributed by atoms with E-state index >= 15 is 0 Å². The molecule has 122 valence electrons. The summed E-state index contributed by atoms with van der Waals surface area (Å²) in [5, 5.41) is 12.9. The molecule has 0 unspecified atom stereocenters. The molecule has 2 N–H and O–H groups in total. The third-order valence-corrected chi connectivity index (χ3v) is 3.80. The predicted molar refractivity (Wildman–Crippen MR) is 97.7 cm³/mol. The summed E-state index contributed by atoms with van der Waals surface area (Å²) in [5.74, 6) is 1.37. The van der Waals surface area contributed by atoms with Gasteiger partial charge in [0.15, 0.2) is 5.82 Å². The molecule has 24 heavy (non-hydrogen) atoms. The molecule has 5 heteroatoms. The van der Waals surface area contributed by atoms with Gasteiger partial charge in [-0.25, -0.2) is 9.97 Å². The van der Waals surface area contributed by atoms with Gasteiger partial charge in [0, 0.05) is 34.6 Å². The van der Waals surface area contributed by atoms with Gasteiger partial charge in [0.25, 0.3) is 0 Å². The average molecular weight is 340 g/mol. The molecule has 0 saturated carbocycles. The van der Waals surface area contributed by atoms with Crippen molar-refractivity contribution in [3.8, 4) is 11.4 Å². The summed E-state index contributed by atoms with van der Waals surface area (Å²) >= 11 is 6.06. The summed E-state index contributed by atoms with van der Waals surface area (Å²) in [4.78, 5) is 9.07. The highest BCUT2D eigenvalue weighted by Gasteiger charge is 2.06. The van der Waals surface area contributed by atoms with Gasteiger partial charge in [-0.15, -0.1) is 0 Å². The number of nitrogens with one attached hydrogen (secondary N) is 1. The van der Waals surface area contributed by atoms with Crippen molar-refractivity contribution in [2.45, 2.75) is 13.3 Å². The highest BCUT2D eigenvalue weighted by Crippen LogP contribution is 2.23. The first kappa shape index (κ1) is 16.4. The minimum Gasteiger partial charge on any atom is -0.396 e. The Balaban J connectivity index is 1.86. The quantitative estimate of drug-likeness (QED) is 0.724. The molecule has 0 aliphatic rings. The minimum absolute atomic E-state index is 0.154. The van der Waals surface area contributed by atoms with Crippen LogP contribution in [-0.4, -0.2) is 21.7 Å². The van der Waals surface area contributed by atoms with Gasteiger partial charge < -0.3 is 10.4 Å². The van der Waals surface area contributed by atoms with Crippen molar-refractivity contribution in [1.82, 2.24) is 9.97 Å². The Morgan fingerprint density at radius 3 is 2.54 bits per heavy atom. The summed E-state index contributed by atoms with van der Waals surface area (Å²) in [6, 6.07) is 17.3. The van der Waals surface area contributed by atoms with Gasteiger partial charge >= 0.3 is 0 Å². The molecule has 0 atom stereocenters. The molecule has 0 aliphatic carbocycles. The Bertz CT molecular complexity index is 834. The zero-order valence-corrected chi connectivity index (χ0v) is 14.1. The van der Waals surface area contributed by atoms with Gasteiger partial charge in [0.05, 0.1) is 0 Å². The van der Waals surface area contributed by atoms with Crippen LogP contribution >= 0.6 is 11.6 Å². The number of aliphatic hydroxyl groups excluding tert-OH is 1. The van der Waals surface area contributed by atoms with Crippen LogP contribution in [0.4, 0.5) is 11.5 Å². The molecule has 4 nitrogen and oxygen atoms in total. The third kappa shape index (κ3) is 4.10. The first-order chi connectivity index (χ1) is 11.6. The summed E-state index contributed by atoms with van der Waals surface area (Å²) in [5.41, 5.74) is 3.79. The van der Waals surface area contributed by atoms with Crippen LogP contribution in [0.25, 0.3) is 11.4 Å². The van der Waals surface area contributed by atoms with Gasteiger partial charge in [0.2, 0.25) is 0 Å². The number of aliphatic hydroxyl groups is 1. The largest absolute Gasteiger partial charge is 0.396 e. The van der Waals surface area contributed by atoms with E-state index in [1.165, 1.54) is 0 Å². The Kier molecular flexibility index (Phi) is 5.08. The van der Waals surface area contributed by atoms with Gasteiger partial charge in [-0.05, 0) is 43.2 Å². The molecule has 3 aromatic rings. The van der Waals surface area contributed by atoms with E-state index in [2.05, 4.69) is 15.3 Å². The predicted octanol–water partition coefficient (Wildman–Crippen LogP) is 4.38. The number of benzene rings is 2. The molecule has 0 aliphatic heterocycles. The standard InChI is InChI=1S/C19H18ClN3O/c1-13-11-18(22-17-7-5-14(6-8-17)9-10-24)23-19(21-13)15-3-2-4-16(20)12-15/h2-8,11-12,24H,9-10H2,1H3,(H,21,22,23). The number of hydrogen-bond acceptors (Lipinski definition) is 4. The number of hydrogen-bond donors (Lipinski definition) is 2. The summed E-state index contributed by atoms with van der Waals surface area (Å²) in [6.45, 7) is 2.09. The lowest BCUT2D eigenvalue weighted by Crippen LogP contribution is -1.99. The van der Waals surface area contributed by atoms with Crippen molar-refractivity contribution < 1.29 is 5.11 Å². The van der Waals surface area contributed by atoms with Crippen molar-refractivity contribution in [1.29, 1.82) is 0 Å². The van der Waals surface area contributed by atoms with Crippen LogP contribution in [0, 0.1) is 6.92 Å². The lowest BCUT2D eigenvalue weighted by Gasteiger charge is -2.09. The van der Waals surface area contributed by atoms with Gasteiger partial charge in [0.1, 0.15) is 5.82 Å². The average Bonchev–Trinajstić information content (AvgIpc) is 2.56. The van der Waals surface area contributed by atoms with Crippen molar-refractivity contribution in [3.63, 3.8) is 0 Å². The first-order valence-corrected chi connectivity index (χ1v) is 8.10. The van der Waals surface area contributed by atoms with Crippen LogP contribution in [0.2, 0.25) is 5.02 Å². The molecule has 0 saturated heterocycles. The Labute approximate surface area is 146 Å². The number of anilines is 2. The Morgan fingerprint density at radius 2 is 1.83 bits per heavy atom. The van der Waals surface area contributed by atoms with E-state index in [1.54, 1.807) is 0 Å². The second-order valence-corrected chi connectivity index (χ2v) is 5.96. The monoisotopic (exact) mass is 339 g/mol. The Morgan fingerprint density at radius 1 is 1.04 bits per heavy atom. The zero-order valence-electron chi connectivity index (χ0n) is 13.3. The van der Waals surface area contributed by atoms with Crippen molar-refractivity contribution in [2.24, 2.45) is 0 Å². The van der Waals surface area contributed by atoms with E-state index in [4.69, 9.17) is 16.7 Å². The van der Waals surface area contributed by atoms with Crippen LogP contribution in [0.3, 0.4) is 0 Å². The number of nitrogens with zero attached hydrogens (tertiary/aromatic N) is 2. The number of aromatic nitrogens is 2. The molecule has 0 radical (unpaired) electrons. The number of aryl methyl sites for hydroxylation is 1. The smallest absolute Gasteiger partial charge is 0.161 e. The molecule has 3 rings (SSSR count). The Hall–Kier alpha value is -2.43. The first-order valence-electron chi connectivity index (χ1n) is 7.72.